The zero-order valence-electron chi connectivity index (χ0n) is 12.7. The molecule has 2 fully saturated rings. The van der Waals surface area contributed by atoms with Gasteiger partial charge in [-0.3, -0.25) is 4.79 Å². The lowest BCUT2D eigenvalue weighted by molar-refractivity contribution is -0.127. The Morgan fingerprint density at radius 2 is 1.67 bits per heavy atom. The van der Waals surface area contributed by atoms with Crippen LogP contribution < -0.4 is 10.6 Å². The van der Waals surface area contributed by atoms with Crippen molar-refractivity contribution in [1.82, 2.24) is 10.6 Å². The molecule has 0 radical (unpaired) electrons. The van der Waals surface area contributed by atoms with Gasteiger partial charge in [0.2, 0.25) is 5.91 Å². The highest BCUT2D eigenvalue weighted by Gasteiger charge is 2.65. The van der Waals surface area contributed by atoms with E-state index in [9.17, 15) is 4.79 Å². The zero-order chi connectivity index (χ0) is 13.8. The number of rotatable bonds is 2. The number of hydrogen-bond donors (Lipinski definition) is 2. The molecule has 104 valence electrons. The minimum Gasteiger partial charge on any atom is -0.351 e. The molecule has 1 heterocycles. The molecular formula is C15H28N2O. The minimum absolute atomic E-state index is 0.0431. The van der Waals surface area contributed by atoms with Crippen molar-refractivity contribution in [2.45, 2.75) is 66.5 Å². The highest BCUT2D eigenvalue weighted by atomic mass is 16.2. The first-order valence-electron chi connectivity index (χ1n) is 7.14. The number of amides is 1. The number of carbonyl (C=O) groups excluding carboxylic acids is 1. The smallest absolute Gasteiger partial charge is 0.237 e. The minimum atomic E-state index is -0.0431. The lowest BCUT2D eigenvalue weighted by atomic mass is 9.77. The van der Waals surface area contributed by atoms with Crippen LogP contribution in [0.1, 0.15) is 54.4 Å². The lowest BCUT2D eigenvalue weighted by Crippen LogP contribution is -2.56. The Morgan fingerprint density at radius 3 is 2.11 bits per heavy atom. The van der Waals surface area contributed by atoms with E-state index in [4.69, 9.17) is 0 Å². The SMILES string of the molecule is CC1(C)CCCNC1C(=O)NC1C(C)(C)C1(C)C. The molecule has 0 aromatic carbocycles. The van der Waals surface area contributed by atoms with Crippen LogP contribution in [-0.2, 0) is 4.79 Å². The normalized spacial score (nSPS) is 32.9. The molecule has 0 aromatic rings. The first kappa shape index (κ1) is 13.9. The zero-order valence-corrected chi connectivity index (χ0v) is 12.7. The maximum atomic E-state index is 12.5. The average molecular weight is 252 g/mol. The molecule has 1 saturated heterocycles. The highest BCUT2D eigenvalue weighted by molar-refractivity contribution is 5.83. The Balaban J connectivity index is 2.01. The van der Waals surface area contributed by atoms with Crippen LogP contribution in [-0.4, -0.2) is 24.5 Å². The molecule has 0 aromatic heterocycles. The summed E-state index contributed by atoms with van der Waals surface area (Å²) in [5.41, 5.74) is 0.481. The molecule has 1 unspecified atom stereocenters. The molecule has 0 bridgehead atoms. The predicted molar refractivity (Wildman–Crippen MR) is 74.3 cm³/mol. The summed E-state index contributed by atoms with van der Waals surface area (Å²) in [7, 11) is 0. The van der Waals surface area contributed by atoms with E-state index >= 15 is 0 Å². The monoisotopic (exact) mass is 252 g/mol. The van der Waals surface area contributed by atoms with E-state index in [2.05, 4.69) is 52.2 Å². The fourth-order valence-corrected chi connectivity index (χ4v) is 3.44. The topological polar surface area (TPSA) is 41.1 Å². The van der Waals surface area contributed by atoms with Gasteiger partial charge in [-0.2, -0.15) is 0 Å². The second-order valence-electron chi connectivity index (χ2n) is 7.86. The molecule has 2 N–H and O–H groups in total. The van der Waals surface area contributed by atoms with Gasteiger partial charge in [0.25, 0.3) is 0 Å². The van der Waals surface area contributed by atoms with Crippen molar-refractivity contribution in [1.29, 1.82) is 0 Å². The van der Waals surface area contributed by atoms with Gasteiger partial charge in [-0.15, -0.1) is 0 Å². The predicted octanol–water partition coefficient (Wildman–Crippen LogP) is 2.32. The summed E-state index contributed by atoms with van der Waals surface area (Å²) in [6.45, 7) is 14.3. The van der Waals surface area contributed by atoms with Gasteiger partial charge in [-0.1, -0.05) is 41.5 Å². The van der Waals surface area contributed by atoms with E-state index in [-0.39, 0.29) is 28.2 Å². The third-order valence-electron chi connectivity index (χ3n) is 5.70. The highest BCUT2D eigenvalue weighted by Crippen LogP contribution is 2.62. The fraction of sp³-hybridized carbons (Fsp3) is 0.933. The van der Waals surface area contributed by atoms with Gasteiger partial charge >= 0.3 is 0 Å². The van der Waals surface area contributed by atoms with E-state index in [1.807, 2.05) is 0 Å². The van der Waals surface area contributed by atoms with Gasteiger partial charge in [0.15, 0.2) is 0 Å². The standard InChI is InChI=1S/C15H28N2O/c1-13(2)8-7-9-16-10(13)11(18)17-12-14(3,4)15(12,5)6/h10,12,16H,7-9H2,1-6H3,(H,17,18). The summed E-state index contributed by atoms with van der Waals surface area (Å²) in [5.74, 6) is 0.184. The molecule has 1 aliphatic carbocycles. The van der Waals surface area contributed by atoms with E-state index in [0.29, 0.717) is 6.04 Å². The maximum Gasteiger partial charge on any atom is 0.237 e. The van der Waals surface area contributed by atoms with Crippen LogP contribution in [0.25, 0.3) is 0 Å². The summed E-state index contributed by atoms with van der Waals surface area (Å²) in [6, 6.07) is 0.260. The van der Waals surface area contributed by atoms with E-state index in [1.165, 1.54) is 0 Å². The number of piperidine rings is 1. The Labute approximate surface area is 111 Å². The van der Waals surface area contributed by atoms with E-state index in [0.717, 1.165) is 19.4 Å². The largest absolute Gasteiger partial charge is 0.351 e. The van der Waals surface area contributed by atoms with Crippen LogP contribution in [0.5, 0.6) is 0 Å². The second kappa shape index (κ2) is 3.96. The summed E-state index contributed by atoms with van der Waals surface area (Å²) < 4.78 is 0. The maximum absolute atomic E-state index is 12.5. The van der Waals surface area contributed by atoms with Crippen molar-refractivity contribution < 1.29 is 4.79 Å². The number of carbonyl (C=O) groups is 1. The molecule has 1 amide bonds. The summed E-state index contributed by atoms with van der Waals surface area (Å²) in [4.78, 5) is 12.5. The molecule has 1 atom stereocenters. The third-order valence-corrected chi connectivity index (χ3v) is 5.70. The lowest BCUT2D eigenvalue weighted by Gasteiger charge is -2.38. The van der Waals surface area contributed by atoms with Crippen molar-refractivity contribution in [3.63, 3.8) is 0 Å². The van der Waals surface area contributed by atoms with Gasteiger partial charge in [-0.25, -0.2) is 0 Å². The first-order valence-corrected chi connectivity index (χ1v) is 7.14. The Morgan fingerprint density at radius 1 is 1.11 bits per heavy atom. The van der Waals surface area contributed by atoms with Crippen LogP contribution in [0.3, 0.4) is 0 Å². The molecule has 1 aliphatic heterocycles. The molecule has 0 spiro atoms. The van der Waals surface area contributed by atoms with Crippen LogP contribution in [0.4, 0.5) is 0 Å². The third kappa shape index (κ3) is 1.97. The average Bonchev–Trinajstić information content (AvgIpc) is 2.60. The van der Waals surface area contributed by atoms with Crippen LogP contribution >= 0.6 is 0 Å². The molecule has 2 aliphatic rings. The van der Waals surface area contributed by atoms with Crippen LogP contribution in [0.2, 0.25) is 0 Å². The van der Waals surface area contributed by atoms with Gasteiger partial charge in [-0.05, 0) is 35.6 Å². The summed E-state index contributed by atoms with van der Waals surface area (Å²) in [5, 5.41) is 6.64. The Hall–Kier alpha value is -0.570. The molecule has 1 saturated carbocycles. The van der Waals surface area contributed by atoms with Gasteiger partial charge in [0, 0.05) is 6.04 Å². The Bertz CT molecular complexity index is 344. The number of hydrogen-bond acceptors (Lipinski definition) is 2. The van der Waals surface area contributed by atoms with E-state index in [1.54, 1.807) is 0 Å². The van der Waals surface area contributed by atoms with Crippen molar-refractivity contribution in [3.05, 3.63) is 0 Å². The quantitative estimate of drug-likeness (QED) is 0.792. The fourth-order valence-electron chi connectivity index (χ4n) is 3.44. The summed E-state index contributed by atoms with van der Waals surface area (Å²) >= 11 is 0. The van der Waals surface area contributed by atoms with Gasteiger partial charge in [0.1, 0.15) is 0 Å². The van der Waals surface area contributed by atoms with E-state index < -0.39 is 0 Å². The van der Waals surface area contributed by atoms with Crippen molar-refractivity contribution in [3.8, 4) is 0 Å². The summed E-state index contributed by atoms with van der Waals surface area (Å²) in [6.07, 6.45) is 2.28. The van der Waals surface area contributed by atoms with Crippen molar-refractivity contribution in [2.75, 3.05) is 6.54 Å². The van der Waals surface area contributed by atoms with Crippen LogP contribution in [0, 0.1) is 16.2 Å². The van der Waals surface area contributed by atoms with Gasteiger partial charge in [0.05, 0.1) is 6.04 Å². The molecular weight excluding hydrogens is 224 g/mol. The second-order valence-corrected chi connectivity index (χ2v) is 7.86. The van der Waals surface area contributed by atoms with Crippen molar-refractivity contribution >= 4 is 5.91 Å². The van der Waals surface area contributed by atoms with Gasteiger partial charge < -0.3 is 10.6 Å². The van der Waals surface area contributed by atoms with Crippen LogP contribution in [0.15, 0.2) is 0 Å². The first-order chi connectivity index (χ1) is 8.11. The molecule has 2 rings (SSSR count). The number of nitrogens with one attached hydrogen (secondary N) is 2. The van der Waals surface area contributed by atoms with Crippen molar-refractivity contribution in [2.24, 2.45) is 16.2 Å². The molecule has 3 heteroatoms. The molecule has 3 nitrogen and oxygen atoms in total. The molecule has 18 heavy (non-hydrogen) atoms. The Kier molecular flexibility index (Phi) is 3.05.